The second kappa shape index (κ2) is 18.1. The molecule has 0 radical (unpaired) electrons. The van der Waals surface area contributed by atoms with E-state index in [0.717, 1.165) is 60.3 Å². The lowest BCUT2D eigenvalue weighted by atomic mass is 9.97. The van der Waals surface area contributed by atoms with Gasteiger partial charge in [0.25, 0.3) is 0 Å². The summed E-state index contributed by atoms with van der Waals surface area (Å²) >= 11 is 0. The molecule has 0 bridgehead atoms. The van der Waals surface area contributed by atoms with Crippen LogP contribution < -0.4 is 14.8 Å². The molecule has 1 fully saturated rings. The molecule has 2 atom stereocenters. The number of likely N-dealkylation sites (tertiary alicyclic amines) is 1. The van der Waals surface area contributed by atoms with Crippen LogP contribution in [-0.4, -0.2) is 71.3 Å². The van der Waals surface area contributed by atoms with Gasteiger partial charge in [0.05, 0.1) is 18.6 Å². The summed E-state index contributed by atoms with van der Waals surface area (Å²) in [6, 6.07) is 43.8. The molecule has 8 heteroatoms. The summed E-state index contributed by atoms with van der Waals surface area (Å²) in [6.45, 7) is 2.91. The predicted octanol–water partition coefficient (Wildman–Crippen LogP) is 6.84. The predicted molar refractivity (Wildman–Crippen MR) is 211 cm³/mol. The number of nitrogens with zero attached hydrogens (tertiary/aromatic N) is 2. The van der Waals surface area contributed by atoms with Crippen molar-refractivity contribution in [2.45, 2.75) is 63.3 Å². The molecular formula is C46H49N3O5. The first kappa shape index (κ1) is 36.9. The van der Waals surface area contributed by atoms with Gasteiger partial charge in [-0.3, -0.25) is 14.5 Å². The summed E-state index contributed by atoms with van der Waals surface area (Å²) < 4.78 is 10.9. The van der Waals surface area contributed by atoms with Gasteiger partial charge in [-0.1, -0.05) is 121 Å². The molecule has 0 saturated carbocycles. The number of carbonyl (C=O) groups excluding carboxylic acids is 2. The van der Waals surface area contributed by atoms with Crippen LogP contribution in [0.1, 0.15) is 41.5 Å². The number of benzene rings is 5. The zero-order valence-electron chi connectivity index (χ0n) is 30.7. The van der Waals surface area contributed by atoms with Crippen molar-refractivity contribution in [2.24, 2.45) is 0 Å². The quantitative estimate of drug-likeness (QED) is 0.123. The molecule has 2 heterocycles. The summed E-state index contributed by atoms with van der Waals surface area (Å²) in [5.74, 6) is 1.22. The fourth-order valence-electron chi connectivity index (χ4n) is 7.52. The Morgan fingerprint density at radius 1 is 0.722 bits per heavy atom. The number of hydrogen-bond donors (Lipinski definition) is 2. The SMILES string of the molecule is O=C(CCc1ccc2c(c1)OCO2)NC(Cc1ccccc1)C(O)CN(C(=O)Cc1ccc(-c2ccccc2)cc1)C1CCN(Cc2ccccc2)CC1. The Hall–Kier alpha value is -5.44. The lowest BCUT2D eigenvalue weighted by molar-refractivity contribution is -0.136. The molecule has 2 N–H and O–H groups in total. The van der Waals surface area contributed by atoms with Crippen molar-refractivity contribution in [3.05, 3.63) is 156 Å². The number of aliphatic hydroxyl groups excluding tert-OH is 1. The summed E-state index contributed by atoms with van der Waals surface area (Å²) in [5.41, 5.74) is 6.41. The molecule has 1 saturated heterocycles. The smallest absolute Gasteiger partial charge is 0.231 e. The van der Waals surface area contributed by atoms with E-state index in [1.54, 1.807) is 0 Å². The number of aryl methyl sites for hydroxylation is 1. The van der Waals surface area contributed by atoms with Crippen LogP contribution in [0.2, 0.25) is 0 Å². The Kier molecular flexibility index (Phi) is 12.3. The van der Waals surface area contributed by atoms with Gasteiger partial charge >= 0.3 is 0 Å². The summed E-state index contributed by atoms with van der Waals surface area (Å²) in [7, 11) is 0. The van der Waals surface area contributed by atoms with E-state index in [4.69, 9.17) is 9.47 Å². The number of aliphatic hydroxyl groups is 1. The number of nitrogens with one attached hydrogen (secondary N) is 1. The average Bonchev–Trinajstić information content (AvgIpc) is 3.69. The van der Waals surface area contributed by atoms with Crippen molar-refractivity contribution in [1.82, 2.24) is 15.1 Å². The highest BCUT2D eigenvalue weighted by Gasteiger charge is 2.32. The average molecular weight is 724 g/mol. The topological polar surface area (TPSA) is 91.3 Å². The van der Waals surface area contributed by atoms with Gasteiger partial charge in [0.15, 0.2) is 11.5 Å². The largest absolute Gasteiger partial charge is 0.454 e. The Labute approximate surface area is 318 Å². The molecule has 8 nitrogen and oxygen atoms in total. The molecule has 2 aliphatic heterocycles. The van der Waals surface area contributed by atoms with Gasteiger partial charge in [-0.25, -0.2) is 0 Å². The Balaban J connectivity index is 1.05. The molecule has 0 aromatic heterocycles. The van der Waals surface area contributed by atoms with E-state index in [2.05, 4.69) is 58.7 Å². The maximum Gasteiger partial charge on any atom is 0.231 e. The third kappa shape index (κ3) is 9.95. The van der Waals surface area contributed by atoms with Gasteiger partial charge in [0.2, 0.25) is 18.6 Å². The van der Waals surface area contributed by atoms with Gasteiger partial charge in [-0.2, -0.15) is 0 Å². The number of rotatable bonds is 15. The Bertz CT molecular complexity index is 1950. The number of piperidine rings is 1. The van der Waals surface area contributed by atoms with Crippen LogP contribution in [0.4, 0.5) is 0 Å². The number of ether oxygens (including phenoxy) is 2. The third-order valence-electron chi connectivity index (χ3n) is 10.6. The first-order valence-corrected chi connectivity index (χ1v) is 19.1. The van der Waals surface area contributed by atoms with Crippen LogP contribution in [0.5, 0.6) is 11.5 Å². The summed E-state index contributed by atoms with van der Waals surface area (Å²) in [6.07, 6.45) is 2.08. The minimum atomic E-state index is -0.980. The highest BCUT2D eigenvalue weighted by molar-refractivity contribution is 5.80. The monoisotopic (exact) mass is 723 g/mol. The van der Waals surface area contributed by atoms with E-state index in [-0.39, 0.29) is 44.0 Å². The van der Waals surface area contributed by atoms with E-state index >= 15 is 0 Å². The first-order valence-electron chi connectivity index (χ1n) is 19.1. The van der Waals surface area contributed by atoms with Crippen molar-refractivity contribution in [3.63, 3.8) is 0 Å². The second-order valence-corrected chi connectivity index (χ2v) is 14.4. The third-order valence-corrected chi connectivity index (χ3v) is 10.6. The minimum Gasteiger partial charge on any atom is -0.454 e. The standard InChI is InChI=1S/C46H49N3O5/c50-42(41(28-34-10-4-1-5-11-34)47-45(51)23-19-35-18-22-43-44(29-35)54-33-53-43)32-49(40-24-26-48(27-25-40)31-37-12-6-2-7-13-37)46(52)30-36-16-20-39(21-17-36)38-14-8-3-9-15-38/h1-18,20-22,29,40-42,50H,19,23-28,30-33H2,(H,47,51). The van der Waals surface area contributed by atoms with E-state index in [9.17, 15) is 14.7 Å². The van der Waals surface area contributed by atoms with E-state index in [0.29, 0.717) is 24.3 Å². The highest BCUT2D eigenvalue weighted by atomic mass is 16.7. The van der Waals surface area contributed by atoms with E-state index in [1.807, 2.05) is 89.8 Å². The molecule has 0 aliphatic carbocycles. The number of hydrogen-bond acceptors (Lipinski definition) is 6. The van der Waals surface area contributed by atoms with Crippen LogP contribution in [0.3, 0.4) is 0 Å². The van der Waals surface area contributed by atoms with E-state index in [1.165, 1.54) is 5.56 Å². The fourth-order valence-corrected chi connectivity index (χ4v) is 7.52. The van der Waals surface area contributed by atoms with E-state index < -0.39 is 12.1 Å². The molecule has 2 amide bonds. The molecule has 278 valence electrons. The molecule has 5 aromatic carbocycles. The van der Waals surface area contributed by atoms with Crippen LogP contribution in [0.25, 0.3) is 11.1 Å². The number of fused-ring (bicyclic) bond motifs is 1. The molecule has 54 heavy (non-hydrogen) atoms. The van der Waals surface area contributed by atoms with Crippen molar-refractivity contribution >= 4 is 11.8 Å². The molecule has 2 aliphatic rings. The molecule has 5 aromatic rings. The van der Waals surface area contributed by atoms with Crippen molar-refractivity contribution in [2.75, 3.05) is 26.4 Å². The Morgan fingerprint density at radius 3 is 2.04 bits per heavy atom. The fraction of sp³-hybridized carbons (Fsp3) is 0.304. The summed E-state index contributed by atoms with van der Waals surface area (Å²) in [5, 5.41) is 15.1. The zero-order chi connectivity index (χ0) is 37.1. The maximum atomic E-state index is 14.3. The van der Waals surface area contributed by atoms with Gasteiger partial charge < -0.3 is 24.8 Å². The van der Waals surface area contributed by atoms with Crippen molar-refractivity contribution in [3.8, 4) is 22.6 Å². The zero-order valence-corrected chi connectivity index (χ0v) is 30.7. The van der Waals surface area contributed by atoms with Gasteiger partial charge in [-0.15, -0.1) is 0 Å². The van der Waals surface area contributed by atoms with Gasteiger partial charge in [0.1, 0.15) is 0 Å². The maximum absolute atomic E-state index is 14.3. The highest BCUT2D eigenvalue weighted by Crippen LogP contribution is 2.33. The first-order chi connectivity index (χ1) is 26.5. The lowest BCUT2D eigenvalue weighted by Crippen LogP contribution is -2.55. The van der Waals surface area contributed by atoms with Gasteiger partial charge in [0, 0.05) is 38.6 Å². The Morgan fingerprint density at radius 2 is 1.33 bits per heavy atom. The van der Waals surface area contributed by atoms with Crippen LogP contribution in [0, 0.1) is 0 Å². The second-order valence-electron chi connectivity index (χ2n) is 14.4. The van der Waals surface area contributed by atoms with Crippen LogP contribution in [0.15, 0.2) is 133 Å². The van der Waals surface area contributed by atoms with Crippen LogP contribution in [-0.2, 0) is 35.4 Å². The molecule has 0 spiro atoms. The normalized spacial score (nSPS) is 15.4. The molecule has 7 rings (SSSR count). The number of carbonyl (C=O) groups is 2. The minimum absolute atomic E-state index is 0.0179. The number of amides is 2. The summed E-state index contributed by atoms with van der Waals surface area (Å²) in [4.78, 5) is 32.1. The molecule has 2 unspecified atom stereocenters. The van der Waals surface area contributed by atoms with Crippen molar-refractivity contribution in [1.29, 1.82) is 0 Å². The molecular weight excluding hydrogens is 675 g/mol. The van der Waals surface area contributed by atoms with Crippen LogP contribution >= 0.6 is 0 Å². The van der Waals surface area contributed by atoms with Crippen molar-refractivity contribution < 1.29 is 24.2 Å². The lowest BCUT2D eigenvalue weighted by Gasteiger charge is -2.40. The van der Waals surface area contributed by atoms with Gasteiger partial charge in [-0.05, 0) is 71.2 Å².